The molecule has 1 aromatic rings. The molecule has 0 saturated carbocycles. The van der Waals surface area contributed by atoms with Crippen molar-refractivity contribution in [3.63, 3.8) is 0 Å². The molecule has 0 aliphatic carbocycles. The van der Waals surface area contributed by atoms with Gasteiger partial charge < -0.3 is 0 Å². The van der Waals surface area contributed by atoms with E-state index < -0.39 is 5.79 Å². The summed E-state index contributed by atoms with van der Waals surface area (Å²) in [6.07, 6.45) is 0. The molecule has 0 atom stereocenters. The van der Waals surface area contributed by atoms with Crippen molar-refractivity contribution in [3.8, 4) is 0 Å². The van der Waals surface area contributed by atoms with Crippen LogP contribution >= 0.6 is 12.4 Å². The van der Waals surface area contributed by atoms with Crippen LogP contribution in [0, 0.1) is 0 Å². The molecule has 1 aromatic carbocycles. The number of hydrogen-bond donors (Lipinski definition) is 3. The Labute approximate surface area is 72.0 Å². The van der Waals surface area contributed by atoms with Gasteiger partial charge in [0.25, 0.3) is 0 Å². The summed E-state index contributed by atoms with van der Waals surface area (Å²) >= 11 is 0. The maximum atomic E-state index is 5.41. The molecular weight excluding hydrogens is 162 g/mol. The Morgan fingerprint density at radius 1 is 0.909 bits per heavy atom. The molecule has 3 nitrogen and oxygen atoms in total. The largest absolute Gasteiger partial charge is 0.297 e. The van der Waals surface area contributed by atoms with Crippen molar-refractivity contribution < 1.29 is 0 Å². The Morgan fingerprint density at radius 3 is 1.64 bits per heavy atom. The molecule has 0 aliphatic rings. The number of halogens is 1. The number of nitrogens with two attached hydrogens (primary N) is 3. The summed E-state index contributed by atoms with van der Waals surface area (Å²) in [5, 5.41) is 0. The van der Waals surface area contributed by atoms with Crippen LogP contribution < -0.4 is 17.2 Å². The molecule has 0 aliphatic heterocycles. The molecule has 62 valence electrons. The first kappa shape index (κ1) is 10.4. The minimum Gasteiger partial charge on any atom is -0.297 e. The Balaban J connectivity index is 0.000001000. The minimum absolute atomic E-state index is 0. The van der Waals surface area contributed by atoms with Crippen LogP contribution in [0.25, 0.3) is 0 Å². The summed E-state index contributed by atoms with van der Waals surface area (Å²) < 4.78 is 0. The van der Waals surface area contributed by atoms with E-state index in [4.69, 9.17) is 17.2 Å². The SMILES string of the molecule is Cl.NC(N)(N)c1ccccc1. The van der Waals surface area contributed by atoms with Crippen molar-refractivity contribution in [1.82, 2.24) is 0 Å². The van der Waals surface area contributed by atoms with E-state index in [0.29, 0.717) is 0 Å². The summed E-state index contributed by atoms with van der Waals surface area (Å²) in [7, 11) is 0. The fourth-order valence-electron chi connectivity index (χ4n) is 0.727. The molecule has 0 heterocycles. The van der Waals surface area contributed by atoms with Gasteiger partial charge in [0, 0.05) is 5.56 Å². The Kier molecular flexibility index (Phi) is 3.48. The van der Waals surface area contributed by atoms with E-state index in [0.717, 1.165) is 5.56 Å². The summed E-state index contributed by atoms with van der Waals surface area (Å²) in [4.78, 5) is 0. The lowest BCUT2D eigenvalue weighted by Gasteiger charge is -2.18. The van der Waals surface area contributed by atoms with Crippen LogP contribution in [-0.2, 0) is 5.79 Å². The van der Waals surface area contributed by atoms with Gasteiger partial charge in [-0.2, -0.15) is 0 Å². The zero-order valence-corrected chi connectivity index (χ0v) is 6.84. The average Bonchev–Trinajstić information content (AvgIpc) is 1.88. The van der Waals surface area contributed by atoms with Crippen molar-refractivity contribution in [2.45, 2.75) is 5.79 Å². The fourth-order valence-corrected chi connectivity index (χ4v) is 0.727. The number of rotatable bonds is 1. The molecule has 0 aromatic heterocycles. The third-order valence-electron chi connectivity index (χ3n) is 1.27. The van der Waals surface area contributed by atoms with Crippen LogP contribution in [0.5, 0.6) is 0 Å². The highest BCUT2D eigenvalue weighted by molar-refractivity contribution is 5.85. The Bertz CT molecular complexity index is 205. The highest BCUT2D eigenvalue weighted by Crippen LogP contribution is 2.04. The molecule has 0 amide bonds. The van der Waals surface area contributed by atoms with Crippen LogP contribution in [0.15, 0.2) is 30.3 Å². The van der Waals surface area contributed by atoms with Crippen molar-refractivity contribution in [1.29, 1.82) is 0 Å². The second-order valence-electron chi connectivity index (χ2n) is 2.30. The van der Waals surface area contributed by atoms with Gasteiger partial charge in [-0.05, 0) is 0 Å². The first-order valence-corrected chi connectivity index (χ1v) is 3.03. The first-order chi connectivity index (χ1) is 4.61. The Morgan fingerprint density at radius 2 is 1.36 bits per heavy atom. The lowest BCUT2D eigenvalue weighted by Crippen LogP contribution is -2.54. The lowest BCUT2D eigenvalue weighted by atomic mass is 10.1. The molecule has 11 heavy (non-hydrogen) atoms. The smallest absolute Gasteiger partial charge is 0.142 e. The van der Waals surface area contributed by atoms with Crippen molar-refractivity contribution in [2.24, 2.45) is 17.2 Å². The predicted octanol–water partition coefficient (Wildman–Crippen LogP) is 0.0948. The van der Waals surface area contributed by atoms with Gasteiger partial charge in [0.1, 0.15) is 5.79 Å². The molecule has 6 N–H and O–H groups in total. The Hall–Kier alpha value is -0.610. The molecule has 0 radical (unpaired) electrons. The van der Waals surface area contributed by atoms with E-state index in [9.17, 15) is 0 Å². The van der Waals surface area contributed by atoms with Gasteiger partial charge in [-0.25, -0.2) is 0 Å². The monoisotopic (exact) mass is 173 g/mol. The molecule has 4 heteroatoms. The molecule has 0 spiro atoms. The van der Waals surface area contributed by atoms with Crippen molar-refractivity contribution in [3.05, 3.63) is 35.9 Å². The average molecular weight is 174 g/mol. The second-order valence-corrected chi connectivity index (χ2v) is 2.30. The van der Waals surface area contributed by atoms with E-state index in [1.54, 1.807) is 12.1 Å². The third-order valence-corrected chi connectivity index (χ3v) is 1.27. The van der Waals surface area contributed by atoms with E-state index >= 15 is 0 Å². The molecule has 0 fully saturated rings. The number of benzene rings is 1. The van der Waals surface area contributed by atoms with Gasteiger partial charge in [0.2, 0.25) is 0 Å². The summed E-state index contributed by atoms with van der Waals surface area (Å²) in [5.74, 6) is -1.21. The molecule has 1 rings (SSSR count). The van der Waals surface area contributed by atoms with Gasteiger partial charge in [0.05, 0.1) is 0 Å². The molecule has 0 unspecified atom stereocenters. The number of hydrogen-bond acceptors (Lipinski definition) is 3. The van der Waals surface area contributed by atoms with Crippen molar-refractivity contribution in [2.75, 3.05) is 0 Å². The van der Waals surface area contributed by atoms with Gasteiger partial charge in [-0.15, -0.1) is 12.4 Å². The standard InChI is InChI=1S/C7H11N3.ClH/c8-7(9,10)6-4-2-1-3-5-6;/h1-5H,8-10H2;1H. The predicted molar refractivity (Wildman–Crippen MR) is 47.9 cm³/mol. The van der Waals surface area contributed by atoms with Crippen LogP contribution in [0.1, 0.15) is 5.56 Å². The van der Waals surface area contributed by atoms with E-state index in [1.165, 1.54) is 0 Å². The third kappa shape index (κ3) is 2.86. The maximum Gasteiger partial charge on any atom is 0.142 e. The quantitative estimate of drug-likeness (QED) is 0.527. The fraction of sp³-hybridized carbons (Fsp3) is 0.143. The first-order valence-electron chi connectivity index (χ1n) is 3.03. The topological polar surface area (TPSA) is 78.1 Å². The zero-order chi connectivity index (χ0) is 7.61. The molecule has 0 bridgehead atoms. The van der Waals surface area contributed by atoms with Gasteiger partial charge in [0.15, 0.2) is 0 Å². The van der Waals surface area contributed by atoms with E-state index in [2.05, 4.69) is 0 Å². The maximum absolute atomic E-state index is 5.41. The van der Waals surface area contributed by atoms with Gasteiger partial charge in [-0.3, -0.25) is 17.2 Å². The van der Waals surface area contributed by atoms with E-state index in [-0.39, 0.29) is 12.4 Å². The summed E-state index contributed by atoms with van der Waals surface area (Å²) in [6, 6.07) is 9.16. The summed E-state index contributed by atoms with van der Waals surface area (Å²) in [5.41, 5.74) is 17.0. The summed E-state index contributed by atoms with van der Waals surface area (Å²) in [6.45, 7) is 0. The van der Waals surface area contributed by atoms with Gasteiger partial charge in [-0.1, -0.05) is 30.3 Å². The van der Waals surface area contributed by atoms with Crippen LogP contribution in [0.2, 0.25) is 0 Å². The second kappa shape index (κ2) is 3.69. The normalized spacial score (nSPS) is 10.5. The van der Waals surface area contributed by atoms with E-state index in [1.807, 2.05) is 18.2 Å². The molecule has 0 saturated heterocycles. The van der Waals surface area contributed by atoms with Crippen LogP contribution in [-0.4, -0.2) is 0 Å². The highest BCUT2D eigenvalue weighted by Gasteiger charge is 2.12. The highest BCUT2D eigenvalue weighted by atomic mass is 35.5. The molecular formula is C7H12ClN3. The minimum atomic E-state index is -1.21. The lowest BCUT2D eigenvalue weighted by molar-refractivity contribution is 0.488. The van der Waals surface area contributed by atoms with Crippen LogP contribution in [0.3, 0.4) is 0 Å². The van der Waals surface area contributed by atoms with Crippen molar-refractivity contribution >= 4 is 12.4 Å². The van der Waals surface area contributed by atoms with Gasteiger partial charge >= 0.3 is 0 Å². The van der Waals surface area contributed by atoms with Crippen LogP contribution in [0.4, 0.5) is 0 Å². The zero-order valence-electron chi connectivity index (χ0n) is 6.03.